The Bertz CT molecular complexity index is 595. The molecule has 0 aromatic carbocycles. The average molecular weight is 309 g/mol. The highest BCUT2D eigenvalue weighted by atomic mass is 35.5. The summed E-state index contributed by atoms with van der Waals surface area (Å²) in [7, 11) is 0. The van der Waals surface area contributed by atoms with Gasteiger partial charge in [-0.2, -0.15) is 0 Å². The molecule has 1 saturated carbocycles. The van der Waals surface area contributed by atoms with E-state index in [4.69, 9.17) is 11.6 Å². The number of nitrogens with one attached hydrogen (secondary N) is 2. The second kappa shape index (κ2) is 5.97. The molecule has 6 heteroatoms. The third-order valence-electron chi connectivity index (χ3n) is 3.12. The zero-order valence-electron chi connectivity index (χ0n) is 11.3. The number of halogens is 1. The maximum absolute atomic E-state index is 5.94. The van der Waals surface area contributed by atoms with Gasteiger partial charge in [-0.05, 0) is 31.9 Å². The standard InChI is InChI=1S/C14H17ClN4S/c1-2-16-12-7-13(19-14(18-12)9-3-4-9)17-8-10-5-6-11(15)20-10/h5-7,9H,2-4,8H2,1H3,(H2,16,17,18,19). The van der Waals surface area contributed by atoms with E-state index in [0.717, 1.165) is 34.9 Å². The maximum Gasteiger partial charge on any atom is 0.136 e. The molecule has 0 unspecified atom stereocenters. The van der Waals surface area contributed by atoms with Crippen molar-refractivity contribution in [2.45, 2.75) is 32.2 Å². The third-order valence-corrected chi connectivity index (χ3v) is 4.35. The summed E-state index contributed by atoms with van der Waals surface area (Å²) in [5.74, 6) is 3.28. The Balaban J connectivity index is 1.73. The number of rotatable bonds is 6. The molecule has 0 aliphatic heterocycles. The second-order valence-corrected chi connectivity index (χ2v) is 6.66. The third kappa shape index (κ3) is 3.41. The van der Waals surface area contributed by atoms with E-state index >= 15 is 0 Å². The number of hydrogen-bond donors (Lipinski definition) is 2. The normalized spacial score (nSPS) is 14.3. The Morgan fingerprint density at radius 3 is 2.60 bits per heavy atom. The van der Waals surface area contributed by atoms with Gasteiger partial charge in [0, 0.05) is 23.4 Å². The molecule has 0 radical (unpaired) electrons. The Hall–Kier alpha value is -1.33. The van der Waals surface area contributed by atoms with E-state index in [9.17, 15) is 0 Å². The minimum absolute atomic E-state index is 0.547. The molecular weight excluding hydrogens is 292 g/mol. The summed E-state index contributed by atoms with van der Waals surface area (Å²) in [5.41, 5.74) is 0. The van der Waals surface area contributed by atoms with E-state index in [0.29, 0.717) is 5.92 Å². The van der Waals surface area contributed by atoms with Crippen LogP contribution in [0.4, 0.5) is 11.6 Å². The highest BCUT2D eigenvalue weighted by molar-refractivity contribution is 7.16. The van der Waals surface area contributed by atoms with Crippen molar-refractivity contribution >= 4 is 34.6 Å². The Morgan fingerprint density at radius 2 is 2.00 bits per heavy atom. The molecule has 20 heavy (non-hydrogen) atoms. The molecule has 2 aromatic heterocycles. The number of thiophene rings is 1. The Morgan fingerprint density at radius 1 is 1.25 bits per heavy atom. The molecule has 3 rings (SSSR count). The highest BCUT2D eigenvalue weighted by Crippen LogP contribution is 2.38. The highest BCUT2D eigenvalue weighted by Gasteiger charge is 2.27. The summed E-state index contributed by atoms with van der Waals surface area (Å²) in [6.07, 6.45) is 2.41. The van der Waals surface area contributed by atoms with Crippen LogP contribution in [0.3, 0.4) is 0 Å². The molecule has 1 aliphatic carbocycles. The van der Waals surface area contributed by atoms with Gasteiger partial charge in [-0.15, -0.1) is 11.3 Å². The first kappa shape index (κ1) is 13.6. The summed E-state index contributed by atoms with van der Waals surface area (Å²) >= 11 is 7.53. The minimum Gasteiger partial charge on any atom is -0.370 e. The quantitative estimate of drug-likeness (QED) is 0.843. The molecule has 0 amide bonds. The molecule has 1 aliphatic rings. The summed E-state index contributed by atoms with van der Waals surface area (Å²) in [6.45, 7) is 3.67. The zero-order chi connectivity index (χ0) is 13.9. The van der Waals surface area contributed by atoms with E-state index in [1.54, 1.807) is 11.3 Å². The SMILES string of the molecule is CCNc1cc(NCc2ccc(Cl)s2)nc(C2CC2)n1. The van der Waals surface area contributed by atoms with Crippen LogP contribution in [0.5, 0.6) is 0 Å². The van der Waals surface area contributed by atoms with Gasteiger partial charge in [0.1, 0.15) is 17.5 Å². The molecule has 0 spiro atoms. The fourth-order valence-corrected chi connectivity index (χ4v) is 3.00. The zero-order valence-corrected chi connectivity index (χ0v) is 12.9. The summed E-state index contributed by atoms with van der Waals surface area (Å²) < 4.78 is 0.816. The van der Waals surface area contributed by atoms with Gasteiger partial charge in [0.2, 0.25) is 0 Å². The van der Waals surface area contributed by atoms with E-state index in [1.807, 2.05) is 18.2 Å². The fourth-order valence-electron chi connectivity index (χ4n) is 1.98. The van der Waals surface area contributed by atoms with Crippen LogP contribution >= 0.6 is 22.9 Å². The van der Waals surface area contributed by atoms with Gasteiger partial charge < -0.3 is 10.6 Å². The number of hydrogen-bond acceptors (Lipinski definition) is 5. The Labute approximate surface area is 127 Å². The predicted molar refractivity (Wildman–Crippen MR) is 84.8 cm³/mol. The van der Waals surface area contributed by atoms with Gasteiger partial charge in [-0.1, -0.05) is 11.6 Å². The smallest absolute Gasteiger partial charge is 0.136 e. The van der Waals surface area contributed by atoms with Gasteiger partial charge in [-0.3, -0.25) is 0 Å². The van der Waals surface area contributed by atoms with Crippen LogP contribution in [0.1, 0.15) is 36.4 Å². The van der Waals surface area contributed by atoms with Crippen molar-refractivity contribution in [2.24, 2.45) is 0 Å². The summed E-state index contributed by atoms with van der Waals surface area (Å²) in [5, 5.41) is 6.62. The lowest BCUT2D eigenvalue weighted by Crippen LogP contribution is -2.07. The molecule has 1 fully saturated rings. The largest absolute Gasteiger partial charge is 0.370 e. The first-order chi connectivity index (χ1) is 9.74. The van der Waals surface area contributed by atoms with Crippen LogP contribution < -0.4 is 10.6 Å². The molecule has 2 heterocycles. The fraction of sp³-hybridized carbons (Fsp3) is 0.429. The minimum atomic E-state index is 0.547. The maximum atomic E-state index is 5.94. The van der Waals surface area contributed by atoms with Crippen molar-refractivity contribution in [2.75, 3.05) is 17.2 Å². The van der Waals surface area contributed by atoms with Crippen LogP contribution in [0, 0.1) is 0 Å². The molecular formula is C14H17ClN4S. The molecule has 4 nitrogen and oxygen atoms in total. The number of nitrogens with zero attached hydrogens (tertiary/aromatic N) is 2. The lowest BCUT2D eigenvalue weighted by molar-refractivity contribution is 0.919. The van der Waals surface area contributed by atoms with Gasteiger partial charge in [0.15, 0.2) is 0 Å². The predicted octanol–water partition coefficient (Wildman–Crippen LogP) is 4.11. The van der Waals surface area contributed by atoms with E-state index in [-0.39, 0.29) is 0 Å². The van der Waals surface area contributed by atoms with E-state index in [2.05, 4.69) is 27.5 Å². The number of anilines is 2. The summed E-state index contributed by atoms with van der Waals surface area (Å²) in [6, 6.07) is 5.92. The molecule has 2 N–H and O–H groups in total. The lowest BCUT2D eigenvalue weighted by Gasteiger charge is -2.09. The molecule has 2 aromatic rings. The lowest BCUT2D eigenvalue weighted by atomic mass is 10.3. The van der Waals surface area contributed by atoms with E-state index < -0.39 is 0 Å². The topological polar surface area (TPSA) is 49.8 Å². The Kier molecular flexibility index (Phi) is 4.08. The van der Waals surface area contributed by atoms with E-state index in [1.165, 1.54) is 17.7 Å². The van der Waals surface area contributed by atoms with Crippen molar-refractivity contribution in [3.8, 4) is 0 Å². The number of aromatic nitrogens is 2. The molecule has 0 atom stereocenters. The second-order valence-electron chi connectivity index (χ2n) is 4.86. The van der Waals surface area contributed by atoms with Crippen molar-refractivity contribution in [3.05, 3.63) is 33.2 Å². The average Bonchev–Trinajstić information content (AvgIpc) is 3.20. The van der Waals surface area contributed by atoms with Crippen molar-refractivity contribution in [1.29, 1.82) is 0 Å². The van der Waals surface area contributed by atoms with Crippen molar-refractivity contribution in [3.63, 3.8) is 0 Å². The van der Waals surface area contributed by atoms with Crippen LogP contribution in [-0.2, 0) is 6.54 Å². The van der Waals surface area contributed by atoms with Crippen molar-refractivity contribution in [1.82, 2.24) is 9.97 Å². The van der Waals surface area contributed by atoms with Gasteiger partial charge in [0.25, 0.3) is 0 Å². The molecule has 0 saturated heterocycles. The first-order valence-corrected chi connectivity index (χ1v) is 8.05. The van der Waals surface area contributed by atoms with Gasteiger partial charge >= 0.3 is 0 Å². The monoisotopic (exact) mass is 308 g/mol. The van der Waals surface area contributed by atoms with Crippen LogP contribution in [0.2, 0.25) is 4.34 Å². The van der Waals surface area contributed by atoms with Crippen LogP contribution in [0.15, 0.2) is 18.2 Å². The van der Waals surface area contributed by atoms with Crippen LogP contribution in [0.25, 0.3) is 0 Å². The van der Waals surface area contributed by atoms with Gasteiger partial charge in [0.05, 0.1) is 10.9 Å². The molecule has 106 valence electrons. The van der Waals surface area contributed by atoms with Crippen molar-refractivity contribution < 1.29 is 0 Å². The summed E-state index contributed by atoms with van der Waals surface area (Å²) in [4.78, 5) is 10.4. The van der Waals surface area contributed by atoms with Gasteiger partial charge in [-0.25, -0.2) is 9.97 Å². The first-order valence-electron chi connectivity index (χ1n) is 6.85. The molecule has 0 bridgehead atoms. The van der Waals surface area contributed by atoms with Crippen LogP contribution in [-0.4, -0.2) is 16.5 Å².